The summed E-state index contributed by atoms with van der Waals surface area (Å²) in [5.41, 5.74) is -7.01. The van der Waals surface area contributed by atoms with Crippen molar-refractivity contribution in [3.63, 3.8) is 0 Å². The minimum atomic E-state index is -1.92. The van der Waals surface area contributed by atoms with Crippen molar-refractivity contribution in [1.82, 2.24) is 0 Å². The Labute approximate surface area is 450 Å². The van der Waals surface area contributed by atoms with Crippen molar-refractivity contribution in [2.45, 2.75) is 12.0 Å². The van der Waals surface area contributed by atoms with E-state index in [9.17, 15) is 52.7 Å². The lowest BCUT2D eigenvalue weighted by atomic mass is 9.90. The van der Waals surface area contributed by atoms with Gasteiger partial charge in [0.05, 0.1) is 62.3 Å². The summed E-state index contributed by atoms with van der Waals surface area (Å²) in [6.45, 7) is 22.9. The number of esters is 10. The predicted molar refractivity (Wildman–Crippen MR) is 270 cm³/mol. The standard InChI is InChI=1S/C53H66O25/c1-11-39(54)23-78-53(37-76-47(62)19-9,38-77-48(63)20-10)36-67-25-50(28-68-40(55)12-2,29-69-41(56)13-3)24-65-22-21-49(64)75-35-52(33-73-45(60)17-7,34-74-46(61)18-8)27-66-26-51(30-70-42(57)14-4,31-71-43(58)15-5)32-72-44(59)16-6/h11-20H,1-10,21-38H2. The average Bonchev–Trinajstić information content (AvgIpc) is 3.46. The number of carbonyl (C=O) groups is 11. The molecule has 0 atom stereocenters. The zero-order valence-corrected chi connectivity index (χ0v) is 43.3. The number of hydrogen-bond donors (Lipinski definition) is 0. The summed E-state index contributed by atoms with van der Waals surface area (Å²) in [6, 6.07) is 0. The summed E-state index contributed by atoms with van der Waals surface area (Å²) in [4.78, 5) is 136. The molecule has 0 aromatic heterocycles. The van der Waals surface area contributed by atoms with Crippen LogP contribution in [0.25, 0.3) is 0 Å². The molecule has 0 radical (unpaired) electrons. The average molecular weight is 1100 g/mol. The van der Waals surface area contributed by atoms with E-state index in [1.807, 2.05) is 0 Å². The maximum atomic E-state index is 13.5. The minimum absolute atomic E-state index is 0.476. The second kappa shape index (κ2) is 38.2. The second-order valence-electron chi connectivity index (χ2n) is 16.4. The molecule has 0 aliphatic heterocycles. The van der Waals surface area contributed by atoms with Gasteiger partial charge in [-0.05, 0) is 6.08 Å². The lowest BCUT2D eigenvalue weighted by Crippen LogP contribution is -2.50. The Kier molecular flexibility index (Phi) is 34.1. The molecular weight excluding hydrogens is 1040 g/mol. The maximum Gasteiger partial charge on any atom is 0.330 e. The van der Waals surface area contributed by atoms with Gasteiger partial charge >= 0.3 is 59.7 Å². The van der Waals surface area contributed by atoms with Gasteiger partial charge in [0.1, 0.15) is 72.7 Å². The van der Waals surface area contributed by atoms with E-state index in [0.29, 0.717) is 0 Å². The van der Waals surface area contributed by atoms with Crippen molar-refractivity contribution in [3.8, 4) is 0 Å². The summed E-state index contributed by atoms with van der Waals surface area (Å²) in [6.07, 6.45) is 7.82. The molecule has 0 aromatic rings. The summed E-state index contributed by atoms with van der Waals surface area (Å²) in [5.74, 6) is -10.1. The first-order valence-electron chi connectivity index (χ1n) is 22.9. The summed E-state index contributed by atoms with van der Waals surface area (Å²) >= 11 is 0. The Balaban J connectivity index is 7.02. The van der Waals surface area contributed by atoms with Gasteiger partial charge in [-0.2, -0.15) is 0 Å². The molecule has 0 amide bonds. The second-order valence-corrected chi connectivity index (χ2v) is 16.4. The molecule has 0 spiro atoms. The van der Waals surface area contributed by atoms with E-state index in [-0.39, 0.29) is 0 Å². The van der Waals surface area contributed by atoms with E-state index in [0.717, 1.165) is 60.8 Å². The summed E-state index contributed by atoms with van der Waals surface area (Å²) < 4.78 is 76.6. The molecule has 0 saturated heterocycles. The van der Waals surface area contributed by atoms with E-state index in [4.69, 9.17) is 66.3 Å². The van der Waals surface area contributed by atoms with Crippen LogP contribution in [0.5, 0.6) is 0 Å². The van der Waals surface area contributed by atoms with Crippen molar-refractivity contribution in [2.24, 2.45) is 16.2 Å². The SMILES string of the molecule is C=CC(=O)COC(COCC(COCCC(=O)OCC(COCC(COC(=O)C=C)(COC(=O)C=C)COC(=O)C=C)(COC(=O)C=C)COC(=O)C=C)(COC(=O)C=C)COC(=O)C=C)(COC(=O)C=C)COC(=O)C=C. The van der Waals surface area contributed by atoms with Crippen LogP contribution in [0.2, 0.25) is 0 Å². The fraction of sp³-hybridized carbons (Fsp3) is 0.415. The van der Waals surface area contributed by atoms with Crippen LogP contribution < -0.4 is 0 Å². The zero-order chi connectivity index (χ0) is 59.0. The summed E-state index contributed by atoms with van der Waals surface area (Å²) in [5, 5.41) is 0. The molecule has 0 aromatic carbocycles. The number of rotatable bonds is 46. The van der Waals surface area contributed by atoms with Gasteiger partial charge in [-0.25, -0.2) is 43.2 Å². The van der Waals surface area contributed by atoms with Crippen molar-refractivity contribution >= 4 is 65.5 Å². The molecular formula is C53H66O25. The van der Waals surface area contributed by atoms with Gasteiger partial charge in [0, 0.05) is 54.7 Å². The molecule has 25 nitrogen and oxygen atoms in total. The fourth-order valence-electron chi connectivity index (χ4n) is 5.48. The van der Waals surface area contributed by atoms with Crippen LogP contribution >= 0.6 is 0 Å². The molecule has 25 heteroatoms. The van der Waals surface area contributed by atoms with E-state index in [1.54, 1.807) is 0 Å². The zero-order valence-electron chi connectivity index (χ0n) is 43.3. The Morgan fingerprint density at radius 2 is 0.526 bits per heavy atom. The van der Waals surface area contributed by atoms with Crippen LogP contribution in [0.4, 0.5) is 0 Å². The van der Waals surface area contributed by atoms with Crippen LogP contribution in [-0.2, 0) is 119 Å². The maximum absolute atomic E-state index is 13.5. The highest BCUT2D eigenvalue weighted by Gasteiger charge is 2.42. The van der Waals surface area contributed by atoms with Crippen molar-refractivity contribution in [2.75, 3.05) is 112 Å². The number of carbonyl (C=O) groups excluding carboxylic acids is 11. The molecule has 0 bridgehead atoms. The third kappa shape index (κ3) is 29.1. The van der Waals surface area contributed by atoms with Gasteiger partial charge in [-0.1, -0.05) is 65.8 Å². The van der Waals surface area contributed by atoms with Crippen LogP contribution in [0.1, 0.15) is 6.42 Å². The minimum Gasteiger partial charge on any atom is -0.465 e. The molecule has 0 heterocycles. The lowest BCUT2D eigenvalue weighted by Gasteiger charge is -2.36. The Morgan fingerprint density at radius 3 is 0.808 bits per heavy atom. The largest absolute Gasteiger partial charge is 0.465 e. The van der Waals surface area contributed by atoms with Gasteiger partial charge in [0.25, 0.3) is 0 Å². The van der Waals surface area contributed by atoms with E-state index >= 15 is 0 Å². The molecule has 0 rings (SSSR count). The highest BCUT2D eigenvalue weighted by molar-refractivity contribution is 5.90. The molecule has 0 aliphatic carbocycles. The quantitative estimate of drug-likeness (QED) is 0.0364. The highest BCUT2D eigenvalue weighted by Crippen LogP contribution is 2.28. The Hall–Kier alpha value is -8.39. The van der Waals surface area contributed by atoms with Crippen LogP contribution in [-0.4, -0.2) is 183 Å². The Bertz CT molecular complexity index is 2030. The van der Waals surface area contributed by atoms with Gasteiger partial charge in [0.2, 0.25) is 0 Å². The first kappa shape index (κ1) is 69.6. The predicted octanol–water partition coefficient (Wildman–Crippen LogP) is 2.00. The molecule has 0 saturated carbocycles. The topological polar surface area (TPSA) is 317 Å². The fourth-order valence-corrected chi connectivity index (χ4v) is 5.48. The highest BCUT2D eigenvalue weighted by atomic mass is 16.6. The molecule has 0 unspecified atom stereocenters. The molecule has 0 fully saturated rings. The molecule has 428 valence electrons. The monoisotopic (exact) mass is 1100 g/mol. The van der Waals surface area contributed by atoms with E-state index in [2.05, 4.69) is 65.8 Å². The normalized spacial score (nSPS) is 11.0. The molecule has 78 heavy (non-hydrogen) atoms. The van der Waals surface area contributed by atoms with Crippen LogP contribution in [0.3, 0.4) is 0 Å². The van der Waals surface area contributed by atoms with Crippen LogP contribution in [0.15, 0.2) is 127 Å². The van der Waals surface area contributed by atoms with Crippen molar-refractivity contribution in [3.05, 3.63) is 127 Å². The number of ether oxygens (including phenoxy) is 14. The van der Waals surface area contributed by atoms with Gasteiger partial charge in [0.15, 0.2) is 11.4 Å². The first-order chi connectivity index (χ1) is 37.1. The van der Waals surface area contributed by atoms with Gasteiger partial charge in [-0.3, -0.25) is 9.59 Å². The van der Waals surface area contributed by atoms with E-state index in [1.165, 1.54) is 0 Å². The van der Waals surface area contributed by atoms with E-state index < -0.39 is 206 Å². The van der Waals surface area contributed by atoms with Crippen LogP contribution in [0, 0.1) is 16.2 Å². The Morgan fingerprint density at radius 1 is 0.282 bits per heavy atom. The molecule has 0 aliphatic rings. The van der Waals surface area contributed by atoms with Gasteiger partial charge in [-0.15, -0.1) is 0 Å². The van der Waals surface area contributed by atoms with Crippen molar-refractivity contribution < 1.29 is 119 Å². The molecule has 0 N–H and O–H groups in total. The summed E-state index contributed by atoms with van der Waals surface area (Å²) in [7, 11) is 0. The smallest absolute Gasteiger partial charge is 0.330 e. The number of ketones is 1. The lowest BCUT2D eigenvalue weighted by molar-refractivity contribution is -0.188. The third-order valence-corrected chi connectivity index (χ3v) is 9.84. The number of hydrogen-bond acceptors (Lipinski definition) is 25. The third-order valence-electron chi connectivity index (χ3n) is 9.84. The first-order valence-corrected chi connectivity index (χ1v) is 22.9. The van der Waals surface area contributed by atoms with Crippen molar-refractivity contribution in [1.29, 1.82) is 0 Å². The van der Waals surface area contributed by atoms with Gasteiger partial charge < -0.3 is 66.3 Å².